The molecule has 1 amide bonds. The molecule has 0 bridgehead atoms. The number of hydrogen-bond acceptors (Lipinski definition) is 3. The van der Waals surface area contributed by atoms with E-state index in [0.717, 1.165) is 25.9 Å². The van der Waals surface area contributed by atoms with Gasteiger partial charge in [-0.25, -0.2) is 0 Å². The van der Waals surface area contributed by atoms with Crippen molar-refractivity contribution in [3.8, 4) is 0 Å². The molecule has 1 aliphatic heterocycles. The number of amides is 1. The van der Waals surface area contributed by atoms with Crippen LogP contribution in [0.4, 0.5) is 0 Å². The molecule has 0 radical (unpaired) electrons. The molecule has 0 aliphatic carbocycles. The number of esters is 1. The van der Waals surface area contributed by atoms with E-state index in [1.54, 1.807) is 6.92 Å². The van der Waals surface area contributed by atoms with E-state index in [4.69, 9.17) is 4.74 Å². The highest BCUT2D eigenvalue weighted by Gasteiger charge is 2.42. The van der Waals surface area contributed by atoms with Crippen molar-refractivity contribution in [1.82, 2.24) is 4.90 Å². The van der Waals surface area contributed by atoms with Gasteiger partial charge >= 0.3 is 5.97 Å². The SMILES string of the molecule is CCOC(=O)C(C(=O)N1CCC(C(C)C)CC1)C(C)(C)C. The summed E-state index contributed by atoms with van der Waals surface area (Å²) < 4.78 is 5.12. The zero-order valence-corrected chi connectivity index (χ0v) is 14.4. The molecule has 0 N–H and O–H groups in total. The Morgan fingerprint density at radius 2 is 1.71 bits per heavy atom. The lowest BCUT2D eigenvalue weighted by Crippen LogP contribution is -2.48. The first-order valence-electron chi connectivity index (χ1n) is 8.13. The average molecular weight is 297 g/mol. The van der Waals surface area contributed by atoms with Gasteiger partial charge in [0.05, 0.1) is 6.61 Å². The van der Waals surface area contributed by atoms with Gasteiger partial charge < -0.3 is 9.64 Å². The summed E-state index contributed by atoms with van der Waals surface area (Å²) in [5.41, 5.74) is -0.418. The Hall–Kier alpha value is -1.06. The largest absolute Gasteiger partial charge is 0.465 e. The van der Waals surface area contributed by atoms with Gasteiger partial charge in [0.2, 0.25) is 5.91 Å². The number of piperidine rings is 1. The van der Waals surface area contributed by atoms with Crippen LogP contribution in [0, 0.1) is 23.2 Å². The smallest absolute Gasteiger partial charge is 0.319 e. The molecule has 0 spiro atoms. The monoisotopic (exact) mass is 297 g/mol. The van der Waals surface area contributed by atoms with E-state index < -0.39 is 11.3 Å². The van der Waals surface area contributed by atoms with Crippen LogP contribution in [0.3, 0.4) is 0 Å². The predicted molar refractivity (Wildman–Crippen MR) is 83.7 cm³/mol. The molecule has 0 aromatic carbocycles. The molecule has 1 saturated heterocycles. The van der Waals surface area contributed by atoms with Crippen molar-refractivity contribution in [1.29, 1.82) is 0 Å². The summed E-state index contributed by atoms with van der Waals surface area (Å²) in [4.78, 5) is 26.8. The van der Waals surface area contributed by atoms with Gasteiger partial charge in [0, 0.05) is 13.1 Å². The molecular weight excluding hydrogens is 266 g/mol. The highest BCUT2D eigenvalue weighted by Crippen LogP contribution is 2.31. The Balaban J connectivity index is 2.76. The Labute approximate surface area is 129 Å². The topological polar surface area (TPSA) is 46.6 Å². The fourth-order valence-electron chi connectivity index (χ4n) is 3.02. The van der Waals surface area contributed by atoms with Crippen LogP contribution in [0.1, 0.15) is 54.4 Å². The maximum atomic E-state index is 12.8. The van der Waals surface area contributed by atoms with Crippen molar-refractivity contribution in [3.63, 3.8) is 0 Å². The minimum Gasteiger partial charge on any atom is -0.465 e. The van der Waals surface area contributed by atoms with Gasteiger partial charge in [0.1, 0.15) is 5.92 Å². The predicted octanol–water partition coefficient (Wildman–Crippen LogP) is 3.11. The summed E-state index contributed by atoms with van der Waals surface area (Å²) in [6, 6.07) is 0. The minimum atomic E-state index is -0.701. The van der Waals surface area contributed by atoms with Crippen LogP contribution in [0.5, 0.6) is 0 Å². The lowest BCUT2D eigenvalue weighted by atomic mass is 9.79. The molecule has 0 saturated carbocycles. The third-order valence-corrected chi connectivity index (χ3v) is 4.43. The van der Waals surface area contributed by atoms with Crippen molar-refractivity contribution in [3.05, 3.63) is 0 Å². The number of nitrogens with zero attached hydrogens (tertiary/aromatic N) is 1. The zero-order valence-electron chi connectivity index (χ0n) is 14.4. The number of carbonyl (C=O) groups excluding carboxylic acids is 2. The second kappa shape index (κ2) is 7.28. The maximum absolute atomic E-state index is 12.8. The fourth-order valence-corrected chi connectivity index (χ4v) is 3.02. The number of carbonyl (C=O) groups is 2. The number of hydrogen-bond donors (Lipinski definition) is 0. The van der Waals surface area contributed by atoms with Crippen molar-refractivity contribution in [2.75, 3.05) is 19.7 Å². The number of ether oxygens (including phenoxy) is 1. The Bertz CT molecular complexity index is 363. The van der Waals surface area contributed by atoms with Crippen LogP contribution < -0.4 is 0 Å². The lowest BCUT2D eigenvalue weighted by molar-refractivity contribution is -0.161. The fraction of sp³-hybridized carbons (Fsp3) is 0.882. The van der Waals surface area contributed by atoms with Crippen LogP contribution in [-0.4, -0.2) is 36.5 Å². The van der Waals surface area contributed by atoms with Crippen LogP contribution in [0.2, 0.25) is 0 Å². The van der Waals surface area contributed by atoms with Gasteiger partial charge in [-0.1, -0.05) is 34.6 Å². The summed E-state index contributed by atoms with van der Waals surface area (Å²) in [5, 5.41) is 0. The van der Waals surface area contributed by atoms with Gasteiger partial charge in [-0.2, -0.15) is 0 Å². The minimum absolute atomic E-state index is 0.0665. The third-order valence-electron chi connectivity index (χ3n) is 4.43. The maximum Gasteiger partial charge on any atom is 0.319 e. The first kappa shape index (κ1) is 18.0. The zero-order chi connectivity index (χ0) is 16.2. The Kier molecular flexibility index (Phi) is 6.24. The van der Waals surface area contributed by atoms with Gasteiger partial charge in [-0.15, -0.1) is 0 Å². The van der Waals surface area contributed by atoms with E-state index in [2.05, 4.69) is 13.8 Å². The molecule has 1 fully saturated rings. The van der Waals surface area contributed by atoms with E-state index in [1.807, 2.05) is 25.7 Å². The summed E-state index contributed by atoms with van der Waals surface area (Å²) in [6.45, 7) is 13.8. The first-order chi connectivity index (χ1) is 9.68. The molecule has 0 aromatic heterocycles. The Morgan fingerprint density at radius 1 is 1.19 bits per heavy atom. The highest BCUT2D eigenvalue weighted by atomic mass is 16.5. The highest BCUT2D eigenvalue weighted by molar-refractivity contribution is 5.98. The molecule has 1 heterocycles. The molecule has 1 atom stereocenters. The normalized spacial score (nSPS) is 18.7. The summed E-state index contributed by atoms with van der Waals surface area (Å²) in [5.74, 6) is 0.188. The van der Waals surface area contributed by atoms with E-state index in [9.17, 15) is 9.59 Å². The molecule has 4 nitrogen and oxygen atoms in total. The molecule has 4 heteroatoms. The average Bonchev–Trinajstić information content (AvgIpc) is 2.37. The van der Waals surface area contributed by atoms with Crippen LogP contribution >= 0.6 is 0 Å². The summed E-state index contributed by atoms with van der Waals surface area (Å²) in [6.07, 6.45) is 2.06. The summed E-state index contributed by atoms with van der Waals surface area (Å²) >= 11 is 0. The molecule has 1 rings (SSSR count). The molecule has 122 valence electrons. The van der Waals surface area contributed by atoms with Crippen molar-refractivity contribution in [2.45, 2.75) is 54.4 Å². The lowest BCUT2D eigenvalue weighted by Gasteiger charge is -2.38. The van der Waals surface area contributed by atoms with Crippen LogP contribution in [-0.2, 0) is 14.3 Å². The second-order valence-electron chi connectivity index (χ2n) is 7.46. The van der Waals surface area contributed by atoms with Gasteiger partial charge in [0.25, 0.3) is 0 Å². The number of likely N-dealkylation sites (tertiary alicyclic amines) is 1. The second-order valence-corrected chi connectivity index (χ2v) is 7.46. The van der Waals surface area contributed by atoms with Crippen LogP contribution in [0.25, 0.3) is 0 Å². The van der Waals surface area contributed by atoms with Crippen LogP contribution in [0.15, 0.2) is 0 Å². The van der Waals surface area contributed by atoms with Gasteiger partial charge in [0.15, 0.2) is 0 Å². The van der Waals surface area contributed by atoms with Gasteiger partial charge in [-0.05, 0) is 37.0 Å². The van der Waals surface area contributed by atoms with E-state index >= 15 is 0 Å². The molecule has 1 unspecified atom stereocenters. The first-order valence-corrected chi connectivity index (χ1v) is 8.13. The third kappa shape index (κ3) is 4.72. The van der Waals surface area contributed by atoms with Gasteiger partial charge in [-0.3, -0.25) is 9.59 Å². The van der Waals surface area contributed by atoms with Crippen molar-refractivity contribution in [2.24, 2.45) is 23.2 Å². The summed E-state index contributed by atoms with van der Waals surface area (Å²) in [7, 11) is 0. The molecule has 0 aromatic rings. The van der Waals surface area contributed by atoms with E-state index in [-0.39, 0.29) is 11.9 Å². The van der Waals surface area contributed by atoms with Crippen molar-refractivity contribution >= 4 is 11.9 Å². The number of rotatable bonds is 4. The van der Waals surface area contributed by atoms with E-state index in [0.29, 0.717) is 18.4 Å². The Morgan fingerprint density at radius 3 is 2.10 bits per heavy atom. The molecule has 1 aliphatic rings. The van der Waals surface area contributed by atoms with E-state index in [1.165, 1.54) is 0 Å². The standard InChI is InChI=1S/C17H31NO3/c1-7-21-16(20)14(17(4,5)6)15(19)18-10-8-13(9-11-18)12(2)3/h12-14H,7-11H2,1-6H3. The molecular formula is C17H31NO3. The van der Waals surface area contributed by atoms with Crippen molar-refractivity contribution < 1.29 is 14.3 Å². The molecule has 21 heavy (non-hydrogen) atoms. The quantitative estimate of drug-likeness (QED) is 0.591.